The van der Waals surface area contributed by atoms with Crippen molar-refractivity contribution in [1.29, 1.82) is 0 Å². The number of ether oxygens (including phenoxy) is 1. The number of carbonyl (C=O) groups excluding carboxylic acids is 2. The molecule has 0 saturated carbocycles. The molecule has 0 aliphatic rings. The van der Waals surface area contributed by atoms with Crippen molar-refractivity contribution in [3.63, 3.8) is 0 Å². The molecule has 2 heterocycles. The maximum Gasteiger partial charge on any atom is 0.337 e. The van der Waals surface area contributed by atoms with Crippen LogP contribution in [0.25, 0.3) is 10.3 Å². The number of aromatic nitrogens is 3. The van der Waals surface area contributed by atoms with Crippen molar-refractivity contribution in [2.75, 3.05) is 18.2 Å². The summed E-state index contributed by atoms with van der Waals surface area (Å²) in [5.41, 5.74) is 0.995. The number of nitrogens with zero attached hydrogens (tertiary/aromatic N) is 3. The van der Waals surface area contributed by atoms with Gasteiger partial charge in [-0.2, -0.15) is 0 Å². The molecule has 0 aliphatic carbocycles. The molecule has 0 aliphatic heterocycles. The van der Waals surface area contributed by atoms with Crippen LogP contribution in [0.4, 0.5) is 5.69 Å². The number of fused-ring (bicyclic) bond motifs is 1. The van der Waals surface area contributed by atoms with Crippen LogP contribution in [0, 0.1) is 0 Å². The molecule has 0 fully saturated rings. The van der Waals surface area contributed by atoms with Crippen molar-refractivity contribution >= 4 is 51.0 Å². The summed E-state index contributed by atoms with van der Waals surface area (Å²) in [7, 11) is 1.30. The molecule has 2 aromatic heterocycles. The number of methoxy groups -OCH3 is 1. The summed E-state index contributed by atoms with van der Waals surface area (Å²) in [6.07, 6.45) is 1.32. The topological polar surface area (TPSA) is 103 Å². The SMILES string of the molecule is CCSc1nc2ncn(CC(=O)Nc3ccc(C(=O)OC)cc3)c(=O)c2s1. The molecule has 1 N–H and O–H groups in total. The van der Waals surface area contributed by atoms with Crippen molar-refractivity contribution in [2.24, 2.45) is 0 Å². The summed E-state index contributed by atoms with van der Waals surface area (Å²) in [6.45, 7) is 1.83. The van der Waals surface area contributed by atoms with Crippen LogP contribution >= 0.6 is 23.1 Å². The van der Waals surface area contributed by atoms with Gasteiger partial charge < -0.3 is 10.1 Å². The fourth-order valence-electron chi connectivity index (χ4n) is 2.29. The molecular weight excluding hydrogens is 388 g/mol. The molecule has 3 rings (SSSR count). The van der Waals surface area contributed by atoms with Gasteiger partial charge in [-0.15, -0.1) is 11.3 Å². The van der Waals surface area contributed by atoms with E-state index in [4.69, 9.17) is 0 Å². The van der Waals surface area contributed by atoms with Crippen LogP contribution in [0.1, 0.15) is 17.3 Å². The molecule has 1 amide bonds. The van der Waals surface area contributed by atoms with Gasteiger partial charge in [0.2, 0.25) is 5.91 Å². The summed E-state index contributed by atoms with van der Waals surface area (Å²) in [5.74, 6) is 0.0197. The van der Waals surface area contributed by atoms with Crippen LogP contribution in [0.15, 0.2) is 39.7 Å². The number of carbonyl (C=O) groups is 2. The molecule has 27 heavy (non-hydrogen) atoms. The van der Waals surface area contributed by atoms with Crippen molar-refractivity contribution in [3.05, 3.63) is 46.5 Å². The molecule has 0 saturated heterocycles. The third kappa shape index (κ3) is 4.34. The largest absolute Gasteiger partial charge is 0.465 e. The number of amides is 1. The van der Waals surface area contributed by atoms with Crippen LogP contribution in [-0.4, -0.2) is 39.3 Å². The summed E-state index contributed by atoms with van der Waals surface area (Å²) in [4.78, 5) is 44.7. The van der Waals surface area contributed by atoms with Crippen LogP contribution in [0.3, 0.4) is 0 Å². The lowest BCUT2D eigenvalue weighted by Crippen LogP contribution is -2.27. The van der Waals surface area contributed by atoms with Crippen molar-refractivity contribution in [2.45, 2.75) is 17.8 Å². The molecule has 10 heteroatoms. The molecule has 0 atom stereocenters. The first kappa shape index (κ1) is 19.1. The summed E-state index contributed by atoms with van der Waals surface area (Å²) in [6, 6.07) is 6.27. The van der Waals surface area contributed by atoms with Gasteiger partial charge in [0, 0.05) is 5.69 Å². The molecule has 1 aromatic carbocycles. The first-order chi connectivity index (χ1) is 13.0. The normalized spacial score (nSPS) is 10.7. The van der Waals surface area contributed by atoms with Gasteiger partial charge >= 0.3 is 5.97 Å². The van der Waals surface area contributed by atoms with Crippen LogP contribution in [0.5, 0.6) is 0 Å². The second kappa shape index (κ2) is 8.31. The van der Waals surface area contributed by atoms with E-state index in [9.17, 15) is 14.4 Å². The van der Waals surface area contributed by atoms with Crippen LogP contribution in [0.2, 0.25) is 0 Å². The van der Waals surface area contributed by atoms with Gasteiger partial charge in [-0.3, -0.25) is 14.2 Å². The number of hydrogen-bond donors (Lipinski definition) is 1. The Kier molecular flexibility index (Phi) is 5.87. The first-order valence-corrected chi connectivity index (χ1v) is 9.79. The zero-order valence-electron chi connectivity index (χ0n) is 14.6. The molecular formula is C17H16N4O4S2. The van der Waals surface area contributed by atoms with Crippen molar-refractivity contribution in [1.82, 2.24) is 14.5 Å². The Balaban J connectivity index is 1.73. The number of anilines is 1. The number of esters is 1. The number of benzene rings is 1. The van der Waals surface area contributed by atoms with E-state index in [1.54, 1.807) is 36.0 Å². The smallest absolute Gasteiger partial charge is 0.337 e. The Morgan fingerprint density at radius 3 is 2.70 bits per heavy atom. The quantitative estimate of drug-likeness (QED) is 0.497. The third-order valence-corrected chi connectivity index (χ3v) is 5.59. The van der Waals surface area contributed by atoms with E-state index in [0.29, 0.717) is 21.6 Å². The van der Waals surface area contributed by atoms with Crippen molar-refractivity contribution in [3.8, 4) is 0 Å². The van der Waals surface area contributed by atoms with E-state index >= 15 is 0 Å². The number of hydrogen-bond acceptors (Lipinski definition) is 8. The summed E-state index contributed by atoms with van der Waals surface area (Å²) >= 11 is 2.82. The lowest BCUT2D eigenvalue weighted by molar-refractivity contribution is -0.116. The molecule has 0 radical (unpaired) electrons. The monoisotopic (exact) mass is 404 g/mol. The highest BCUT2D eigenvalue weighted by Crippen LogP contribution is 2.25. The van der Waals surface area contributed by atoms with Gasteiger partial charge in [0.05, 0.1) is 12.7 Å². The Morgan fingerprint density at radius 2 is 2.04 bits per heavy atom. The maximum absolute atomic E-state index is 12.5. The third-order valence-electron chi connectivity index (χ3n) is 3.54. The number of nitrogens with one attached hydrogen (secondary N) is 1. The second-order valence-corrected chi connectivity index (χ2v) is 7.87. The van der Waals surface area contributed by atoms with E-state index in [-0.39, 0.29) is 18.0 Å². The van der Waals surface area contributed by atoms with Gasteiger partial charge in [0.25, 0.3) is 5.56 Å². The molecule has 140 valence electrons. The molecule has 0 unspecified atom stereocenters. The summed E-state index contributed by atoms with van der Waals surface area (Å²) in [5, 5.41) is 2.68. The number of rotatable bonds is 6. The van der Waals surface area contributed by atoms with Crippen LogP contribution < -0.4 is 10.9 Å². The predicted octanol–water partition coefficient (Wildman–Crippen LogP) is 2.39. The lowest BCUT2D eigenvalue weighted by atomic mass is 10.2. The fourth-order valence-corrected chi connectivity index (χ4v) is 4.23. The van der Waals surface area contributed by atoms with Crippen LogP contribution in [-0.2, 0) is 16.1 Å². The zero-order valence-corrected chi connectivity index (χ0v) is 16.2. The lowest BCUT2D eigenvalue weighted by Gasteiger charge is -2.07. The molecule has 3 aromatic rings. The van der Waals surface area contributed by atoms with Gasteiger partial charge in [0.15, 0.2) is 9.99 Å². The first-order valence-electron chi connectivity index (χ1n) is 7.98. The highest BCUT2D eigenvalue weighted by molar-refractivity contribution is 8.01. The minimum atomic E-state index is -0.455. The highest BCUT2D eigenvalue weighted by atomic mass is 32.2. The Bertz CT molecular complexity index is 1040. The number of thioether (sulfide) groups is 1. The maximum atomic E-state index is 12.5. The van der Waals surface area contributed by atoms with Gasteiger partial charge in [0.1, 0.15) is 17.6 Å². The molecule has 0 spiro atoms. The zero-order chi connectivity index (χ0) is 19.4. The van der Waals surface area contributed by atoms with Crippen molar-refractivity contribution < 1.29 is 14.3 Å². The van der Waals surface area contributed by atoms with Gasteiger partial charge in [-0.1, -0.05) is 18.7 Å². The van der Waals surface area contributed by atoms with E-state index in [1.807, 2.05) is 6.92 Å². The molecule has 0 bridgehead atoms. The van der Waals surface area contributed by atoms with E-state index in [0.717, 1.165) is 10.1 Å². The standard InChI is InChI=1S/C17H16N4O4S2/c1-3-26-17-20-14-13(27-17)15(23)21(9-18-14)8-12(22)19-11-6-4-10(5-7-11)16(24)25-2/h4-7,9H,3,8H2,1-2H3,(H,19,22). The molecule has 8 nitrogen and oxygen atoms in total. The minimum Gasteiger partial charge on any atom is -0.465 e. The second-order valence-electron chi connectivity index (χ2n) is 5.36. The predicted molar refractivity (Wildman–Crippen MR) is 104 cm³/mol. The van der Waals surface area contributed by atoms with E-state index in [1.165, 1.54) is 29.3 Å². The highest BCUT2D eigenvalue weighted by Gasteiger charge is 2.13. The van der Waals surface area contributed by atoms with E-state index in [2.05, 4.69) is 20.0 Å². The van der Waals surface area contributed by atoms with E-state index < -0.39 is 5.97 Å². The minimum absolute atomic E-state index is 0.172. The average Bonchev–Trinajstić information content (AvgIpc) is 3.08. The van der Waals surface area contributed by atoms with Gasteiger partial charge in [-0.05, 0) is 30.0 Å². The summed E-state index contributed by atoms with van der Waals surface area (Å²) < 4.78 is 7.09. The Hall–Kier alpha value is -2.72. The number of thiazole rings is 1. The average molecular weight is 404 g/mol. The fraction of sp³-hybridized carbons (Fsp3) is 0.235. The Morgan fingerprint density at radius 1 is 1.30 bits per heavy atom. The van der Waals surface area contributed by atoms with Gasteiger partial charge in [-0.25, -0.2) is 14.8 Å². The Labute approximate surface area is 162 Å².